The van der Waals surface area contributed by atoms with Gasteiger partial charge in [-0.25, -0.2) is 4.39 Å². The van der Waals surface area contributed by atoms with Crippen LogP contribution in [0, 0.1) is 5.82 Å². The van der Waals surface area contributed by atoms with Crippen LogP contribution in [0.5, 0.6) is 0 Å². The Labute approximate surface area is 92.1 Å². The lowest BCUT2D eigenvalue weighted by Crippen LogP contribution is -2.10. The van der Waals surface area contributed by atoms with Gasteiger partial charge in [0.05, 0.1) is 4.47 Å². The fourth-order valence-corrected chi connectivity index (χ4v) is 1.41. The van der Waals surface area contributed by atoms with Crippen LogP contribution >= 0.6 is 28.3 Å². The summed E-state index contributed by atoms with van der Waals surface area (Å²) in [6.07, 6.45) is 0.743. The van der Waals surface area contributed by atoms with Crippen molar-refractivity contribution in [3.05, 3.63) is 34.1 Å². The summed E-state index contributed by atoms with van der Waals surface area (Å²) in [7, 11) is 0. The normalized spacial score (nSPS) is 12.0. The zero-order valence-electron chi connectivity index (χ0n) is 7.26. The van der Waals surface area contributed by atoms with Gasteiger partial charge in [0, 0.05) is 11.6 Å². The smallest absolute Gasteiger partial charge is 0.142 e. The van der Waals surface area contributed by atoms with Crippen molar-refractivity contribution in [3.63, 3.8) is 0 Å². The van der Waals surface area contributed by atoms with Crippen LogP contribution in [0.15, 0.2) is 22.7 Å². The number of halogens is 3. The number of benzene rings is 1. The van der Waals surface area contributed by atoms with Gasteiger partial charge in [0.1, 0.15) is 5.82 Å². The maximum absolute atomic E-state index is 13.3. The molecule has 0 amide bonds. The summed E-state index contributed by atoms with van der Waals surface area (Å²) in [5.41, 5.74) is 6.28. The minimum absolute atomic E-state index is 0. The van der Waals surface area contributed by atoms with Gasteiger partial charge >= 0.3 is 0 Å². The molecule has 0 heterocycles. The van der Waals surface area contributed by atoms with E-state index in [1.807, 2.05) is 6.92 Å². The molecule has 0 aliphatic heterocycles. The highest BCUT2D eigenvalue weighted by Crippen LogP contribution is 2.23. The van der Waals surface area contributed by atoms with Crippen LogP contribution < -0.4 is 5.73 Å². The molecule has 0 saturated carbocycles. The molecule has 13 heavy (non-hydrogen) atoms. The fourth-order valence-electron chi connectivity index (χ4n) is 1.03. The summed E-state index contributed by atoms with van der Waals surface area (Å²) >= 11 is 3.11. The van der Waals surface area contributed by atoms with Gasteiger partial charge in [0.25, 0.3) is 0 Å². The third kappa shape index (κ3) is 2.93. The molecule has 4 heteroatoms. The van der Waals surface area contributed by atoms with Gasteiger partial charge in [-0.1, -0.05) is 19.1 Å². The van der Waals surface area contributed by atoms with E-state index in [-0.39, 0.29) is 24.3 Å². The van der Waals surface area contributed by atoms with Crippen LogP contribution in [0.1, 0.15) is 24.9 Å². The van der Waals surface area contributed by atoms with Crippen molar-refractivity contribution in [2.75, 3.05) is 0 Å². The number of nitrogens with two attached hydrogens (primary N) is 1. The van der Waals surface area contributed by atoms with E-state index in [1.165, 1.54) is 0 Å². The van der Waals surface area contributed by atoms with E-state index in [4.69, 9.17) is 5.73 Å². The molecular formula is C9H12BrClFN. The third-order valence-corrected chi connectivity index (χ3v) is 2.43. The van der Waals surface area contributed by atoms with Crippen LogP contribution in [0.25, 0.3) is 0 Å². The highest BCUT2D eigenvalue weighted by molar-refractivity contribution is 9.10. The van der Waals surface area contributed by atoms with Crippen molar-refractivity contribution in [1.29, 1.82) is 0 Å². The van der Waals surface area contributed by atoms with Crippen molar-refractivity contribution in [3.8, 4) is 0 Å². The molecule has 1 aromatic carbocycles. The maximum atomic E-state index is 13.3. The van der Waals surface area contributed by atoms with E-state index in [2.05, 4.69) is 15.9 Å². The van der Waals surface area contributed by atoms with E-state index >= 15 is 0 Å². The molecule has 0 aliphatic rings. The molecule has 1 aromatic rings. The summed E-state index contributed by atoms with van der Waals surface area (Å²) in [4.78, 5) is 0. The topological polar surface area (TPSA) is 26.0 Å². The molecular weight excluding hydrogens is 256 g/mol. The van der Waals surface area contributed by atoms with Gasteiger partial charge in [-0.15, -0.1) is 12.4 Å². The summed E-state index contributed by atoms with van der Waals surface area (Å²) < 4.78 is 13.8. The lowest BCUT2D eigenvalue weighted by Gasteiger charge is -2.10. The first-order valence-electron chi connectivity index (χ1n) is 3.86. The lowest BCUT2D eigenvalue weighted by atomic mass is 10.1. The van der Waals surface area contributed by atoms with Gasteiger partial charge in [-0.05, 0) is 28.4 Å². The van der Waals surface area contributed by atoms with Gasteiger partial charge in [0.2, 0.25) is 0 Å². The Morgan fingerprint density at radius 1 is 1.54 bits per heavy atom. The Balaban J connectivity index is 0.00000144. The summed E-state index contributed by atoms with van der Waals surface area (Å²) in [5, 5.41) is 0. The molecule has 74 valence electrons. The van der Waals surface area contributed by atoms with E-state index in [0.717, 1.165) is 6.42 Å². The highest BCUT2D eigenvalue weighted by Gasteiger charge is 2.10. The number of hydrogen-bond acceptors (Lipinski definition) is 1. The molecule has 1 nitrogen and oxygen atoms in total. The van der Waals surface area contributed by atoms with Crippen LogP contribution in [0.4, 0.5) is 4.39 Å². The zero-order valence-corrected chi connectivity index (χ0v) is 9.66. The van der Waals surface area contributed by atoms with Crippen molar-refractivity contribution in [2.45, 2.75) is 19.4 Å². The first-order valence-corrected chi connectivity index (χ1v) is 4.65. The molecule has 0 radical (unpaired) electrons. The minimum Gasteiger partial charge on any atom is -0.324 e. The van der Waals surface area contributed by atoms with Gasteiger partial charge < -0.3 is 5.73 Å². The van der Waals surface area contributed by atoms with Crippen molar-refractivity contribution >= 4 is 28.3 Å². The molecule has 0 saturated heterocycles. The van der Waals surface area contributed by atoms with Crippen LogP contribution in [0.3, 0.4) is 0 Å². The number of rotatable bonds is 2. The average molecular weight is 269 g/mol. The highest BCUT2D eigenvalue weighted by atomic mass is 79.9. The Hall–Kier alpha value is -0.120. The third-order valence-electron chi connectivity index (χ3n) is 1.82. The molecule has 1 rings (SSSR count). The van der Waals surface area contributed by atoms with Gasteiger partial charge in [-0.3, -0.25) is 0 Å². The van der Waals surface area contributed by atoms with E-state index < -0.39 is 0 Å². The largest absolute Gasteiger partial charge is 0.324 e. The number of hydrogen-bond donors (Lipinski definition) is 1. The predicted octanol–water partition coefficient (Wildman–Crippen LogP) is 3.42. The Morgan fingerprint density at radius 3 is 2.69 bits per heavy atom. The maximum Gasteiger partial charge on any atom is 0.142 e. The molecule has 0 fully saturated rings. The Kier molecular flexibility index (Phi) is 5.53. The van der Waals surface area contributed by atoms with Crippen LogP contribution in [0.2, 0.25) is 0 Å². The summed E-state index contributed by atoms with van der Waals surface area (Å²) in [5.74, 6) is -0.244. The first kappa shape index (κ1) is 12.9. The molecule has 0 bridgehead atoms. The van der Waals surface area contributed by atoms with E-state index in [9.17, 15) is 4.39 Å². The Bertz CT molecular complexity index is 280. The predicted molar refractivity (Wildman–Crippen MR) is 58.6 cm³/mol. The van der Waals surface area contributed by atoms with Crippen molar-refractivity contribution in [2.24, 2.45) is 5.73 Å². The second kappa shape index (κ2) is 5.58. The standard InChI is InChI=1S/C9H11BrFN.ClH/c1-2-8(12)6-4-3-5-7(10)9(6)11;/h3-5,8H,2,12H2,1H3;1H/t8-;/m0./s1. The van der Waals surface area contributed by atoms with E-state index in [1.54, 1.807) is 18.2 Å². The van der Waals surface area contributed by atoms with Crippen LogP contribution in [-0.4, -0.2) is 0 Å². The first-order chi connectivity index (χ1) is 5.66. The van der Waals surface area contributed by atoms with Gasteiger partial charge in [-0.2, -0.15) is 0 Å². The van der Waals surface area contributed by atoms with Crippen molar-refractivity contribution < 1.29 is 4.39 Å². The molecule has 0 aromatic heterocycles. The fraction of sp³-hybridized carbons (Fsp3) is 0.333. The molecule has 1 atom stereocenters. The molecule has 2 N–H and O–H groups in total. The zero-order chi connectivity index (χ0) is 9.14. The minimum atomic E-state index is -0.244. The van der Waals surface area contributed by atoms with E-state index in [0.29, 0.717) is 10.0 Å². The SMILES string of the molecule is CC[C@H](N)c1cccc(Br)c1F.Cl. The van der Waals surface area contributed by atoms with Gasteiger partial charge in [0.15, 0.2) is 0 Å². The lowest BCUT2D eigenvalue weighted by molar-refractivity contribution is 0.570. The second-order valence-corrected chi connectivity index (χ2v) is 3.51. The summed E-state index contributed by atoms with van der Waals surface area (Å²) in [6, 6.07) is 4.97. The monoisotopic (exact) mass is 267 g/mol. The second-order valence-electron chi connectivity index (χ2n) is 2.66. The Morgan fingerprint density at radius 2 is 2.15 bits per heavy atom. The van der Waals surface area contributed by atoms with Crippen LogP contribution in [-0.2, 0) is 0 Å². The molecule has 0 aliphatic carbocycles. The average Bonchev–Trinajstić information content (AvgIpc) is 2.08. The quantitative estimate of drug-likeness (QED) is 0.874. The molecule has 0 spiro atoms. The molecule has 0 unspecified atom stereocenters. The van der Waals surface area contributed by atoms with Crippen molar-refractivity contribution in [1.82, 2.24) is 0 Å². The summed E-state index contributed by atoms with van der Waals surface area (Å²) in [6.45, 7) is 1.94.